The summed E-state index contributed by atoms with van der Waals surface area (Å²) in [4.78, 5) is 16.9. The van der Waals surface area contributed by atoms with Crippen molar-refractivity contribution in [3.05, 3.63) is 21.4 Å². The van der Waals surface area contributed by atoms with Gasteiger partial charge in [-0.1, -0.05) is 6.42 Å². The van der Waals surface area contributed by atoms with E-state index in [0.29, 0.717) is 0 Å². The molecule has 2 N–H and O–H groups in total. The number of piperidine rings is 1. The van der Waals surface area contributed by atoms with E-state index >= 15 is 0 Å². The van der Waals surface area contributed by atoms with Crippen LogP contribution in [0.15, 0.2) is 6.07 Å². The fourth-order valence-corrected chi connectivity index (χ4v) is 4.25. The third-order valence-corrected chi connectivity index (χ3v) is 5.51. The lowest BCUT2D eigenvalue weighted by Gasteiger charge is -2.29. The van der Waals surface area contributed by atoms with Crippen molar-refractivity contribution in [3.8, 4) is 0 Å². The summed E-state index contributed by atoms with van der Waals surface area (Å²) >= 11 is 1.73. The molecule has 1 aromatic rings. The average molecular weight is 315 g/mol. The van der Waals surface area contributed by atoms with Crippen LogP contribution in [-0.4, -0.2) is 29.9 Å². The zero-order valence-electron chi connectivity index (χ0n) is 11.8. The highest BCUT2D eigenvalue weighted by molar-refractivity contribution is 7.14. The molecule has 0 unspecified atom stereocenters. The average Bonchev–Trinajstić information content (AvgIpc) is 2.70. The number of rotatable bonds is 1. The highest BCUT2D eigenvalue weighted by atomic mass is 35.5. The highest BCUT2D eigenvalue weighted by Gasteiger charge is 2.24. The van der Waals surface area contributed by atoms with Crippen molar-refractivity contribution in [3.63, 3.8) is 0 Å². The third-order valence-electron chi connectivity index (χ3n) is 4.28. The van der Waals surface area contributed by atoms with Crippen LogP contribution in [0.3, 0.4) is 0 Å². The van der Waals surface area contributed by atoms with Gasteiger partial charge in [-0.05, 0) is 50.2 Å². The molecule has 1 saturated heterocycles. The van der Waals surface area contributed by atoms with Crippen LogP contribution in [0.25, 0.3) is 0 Å². The number of carbonyl (C=O) groups excluding carboxylic acids is 1. The van der Waals surface area contributed by atoms with Gasteiger partial charge in [-0.15, -0.1) is 23.7 Å². The molecule has 0 aromatic carbocycles. The van der Waals surface area contributed by atoms with E-state index in [4.69, 9.17) is 5.73 Å². The Balaban J connectivity index is 0.00000147. The normalized spacial score (nSPS) is 19.9. The maximum Gasteiger partial charge on any atom is 0.263 e. The predicted molar refractivity (Wildman–Crippen MR) is 85.9 cm³/mol. The smallest absolute Gasteiger partial charge is 0.263 e. The van der Waals surface area contributed by atoms with E-state index in [1.165, 1.54) is 29.7 Å². The second kappa shape index (κ2) is 6.92. The minimum Gasteiger partial charge on any atom is -0.338 e. The number of fused-ring (bicyclic) bond motifs is 1. The predicted octanol–water partition coefficient (Wildman–Crippen LogP) is 3.00. The number of aryl methyl sites for hydroxylation is 2. The first-order valence-electron chi connectivity index (χ1n) is 7.40. The number of nitrogens with zero attached hydrogens (tertiary/aromatic N) is 1. The molecule has 1 aromatic heterocycles. The zero-order valence-corrected chi connectivity index (χ0v) is 13.4. The highest BCUT2D eigenvalue weighted by Crippen LogP contribution is 2.30. The van der Waals surface area contributed by atoms with Crippen LogP contribution in [0.1, 0.15) is 52.2 Å². The van der Waals surface area contributed by atoms with Gasteiger partial charge in [-0.2, -0.15) is 0 Å². The number of nitrogens with two attached hydrogens (primary N) is 1. The topological polar surface area (TPSA) is 46.3 Å². The first-order valence-corrected chi connectivity index (χ1v) is 8.22. The molecule has 0 bridgehead atoms. The van der Waals surface area contributed by atoms with E-state index in [-0.39, 0.29) is 24.4 Å². The lowest BCUT2D eigenvalue weighted by atomic mass is 10.1. The Morgan fingerprint density at radius 3 is 2.65 bits per heavy atom. The largest absolute Gasteiger partial charge is 0.338 e. The molecule has 1 fully saturated rings. The van der Waals surface area contributed by atoms with E-state index in [0.717, 1.165) is 43.6 Å². The quantitative estimate of drug-likeness (QED) is 0.810. The summed E-state index contributed by atoms with van der Waals surface area (Å²) in [6.45, 7) is 1.64. The lowest BCUT2D eigenvalue weighted by molar-refractivity contribution is 0.0719. The number of halogens is 1. The van der Waals surface area contributed by atoms with E-state index in [9.17, 15) is 4.79 Å². The van der Waals surface area contributed by atoms with E-state index in [1.807, 2.05) is 4.90 Å². The summed E-state index contributed by atoms with van der Waals surface area (Å²) in [6.07, 6.45) is 8.08. The van der Waals surface area contributed by atoms with Crippen LogP contribution in [-0.2, 0) is 12.8 Å². The van der Waals surface area contributed by atoms with Crippen LogP contribution in [0, 0.1) is 0 Å². The molecule has 3 rings (SSSR count). The summed E-state index contributed by atoms with van der Waals surface area (Å²) in [6, 6.07) is 2.44. The molecule has 20 heavy (non-hydrogen) atoms. The van der Waals surface area contributed by atoms with Crippen LogP contribution in [0.5, 0.6) is 0 Å². The molecule has 2 heterocycles. The van der Waals surface area contributed by atoms with Crippen LogP contribution in [0.4, 0.5) is 0 Å². The molecule has 0 atom stereocenters. The molecular formula is C15H23ClN2OS. The molecule has 5 heteroatoms. The number of carbonyl (C=O) groups is 1. The molecule has 0 spiro atoms. The summed E-state index contributed by atoms with van der Waals surface area (Å²) in [7, 11) is 0. The Hall–Kier alpha value is -0.580. The Labute approximate surface area is 130 Å². The Morgan fingerprint density at radius 2 is 1.90 bits per heavy atom. The van der Waals surface area contributed by atoms with Crippen LogP contribution in [0.2, 0.25) is 0 Å². The summed E-state index contributed by atoms with van der Waals surface area (Å²) < 4.78 is 0. The number of amides is 1. The SMILES string of the molecule is Cl.NC1CCN(C(=O)c2cc3c(s2)CCCCC3)CC1. The molecule has 112 valence electrons. The first kappa shape index (κ1) is 15.8. The fraction of sp³-hybridized carbons (Fsp3) is 0.667. The van der Waals surface area contributed by atoms with Crippen molar-refractivity contribution in [1.82, 2.24) is 4.90 Å². The Kier molecular flexibility index (Phi) is 5.47. The molecule has 1 amide bonds. The van der Waals surface area contributed by atoms with Gasteiger partial charge >= 0.3 is 0 Å². The minimum absolute atomic E-state index is 0. The van der Waals surface area contributed by atoms with Crippen molar-refractivity contribution in [1.29, 1.82) is 0 Å². The summed E-state index contributed by atoms with van der Waals surface area (Å²) in [5, 5.41) is 0. The Morgan fingerprint density at radius 1 is 1.20 bits per heavy atom. The van der Waals surface area contributed by atoms with Gasteiger partial charge in [-0.25, -0.2) is 0 Å². The van der Waals surface area contributed by atoms with Gasteiger partial charge in [0, 0.05) is 24.0 Å². The van der Waals surface area contributed by atoms with Crippen LogP contribution < -0.4 is 5.73 Å². The standard InChI is InChI=1S/C15H22N2OS.ClH/c16-12-6-8-17(9-7-12)15(18)14-10-11-4-2-1-3-5-13(11)19-14;/h10,12H,1-9,16H2;1H. The molecule has 1 aliphatic heterocycles. The maximum absolute atomic E-state index is 12.5. The lowest BCUT2D eigenvalue weighted by Crippen LogP contribution is -2.42. The third kappa shape index (κ3) is 3.35. The molecule has 3 nitrogen and oxygen atoms in total. The minimum atomic E-state index is 0. The monoisotopic (exact) mass is 314 g/mol. The van der Waals surface area contributed by atoms with Crippen molar-refractivity contribution in [2.24, 2.45) is 5.73 Å². The number of hydrogen-bond acceptors (Lipinski definition) is 3. The van der Waals surface area contributed by atoms with Crippen molar-refractivity contribution >= 4 is 29.7 Å². The van der Waals surface area contributed by atoms with Gasteiger partial charge in [0.1, 0.15) is 0 Å². The van der Waals surface area contributed by atoms with Gasteiger partial charge in [-0.3, -0.25) is 4.79 Å². The van der Waals surface area contributed by atoms with Crippen molar-refractivity contribution in [2.45, 2.75) is 51.0 Å². The number of thiophene rings is 1. The van der Waals surface area contributed by atoms with Gasteiger partial charge in [0.25, 0.3) is 5.91 Å². The van der Waals surface area contributed by atoms with E-state index in [1.54, 1.807) is 11.3 Å². The number of likely N-dealkylation sites (tertiary alicyclic amines) is 1. The molecule has 2 aliphatic rings. The van der Waals surface area contributed by atoms with E-state index < -0.39 is 0 Å². The van der Waals surface area contributed by atoms with E-state index in [2.05, 4.69) is 6.07 Å². The fourth-order valence-electron chi connectivity index (χ4n) is 3.03. The van der Waals surface area contributed by atoms with Gasteiger partial charge < -0.3 is 10.6 Å². The van der Waals surface area contributed by atoms with Crippen LogP contribution >= 0.6 is 23.7 Å². The second-order valence-corrected chi connectivity index (χ2v) is 6.89. The molecule has 0 radical (unpaired) electrons. The zero-order chi connectivity index (χ0) is 13.2. The first-order chi connectivity index (χ1) is 9.24. The van der Waals surface area contributed by atoms with Crippen molar-refractivity contribution in [2.75, 3.05) is 13.1 Å². The summed E-state index contributed by atoms with van der Waals surface area (Å²) in [5.41, 5.74) is 7.33. The van der Waals surface area contributed by atoms with Gasteiger partial charge in [0.05, 0.1) is 4.88 Å². The summed E-state index contributed by atoms with van der Waals surface area (Å²) in [5.74, 6) is 0.227. The molecular weight excluding hydrogens is 292 g/mol. The maximum atomic E-state index is 12.5. The Bertz CT molecular complexity index is 443. The second-order valence-electron chi connectivity index (χ2n) is 5.75. The van der Waals surface area contributed by atoms with Crippen molar-refractivity contribution < 1.29 is 4.79 Å². The molecule has 1 aliphatic carbocycles. The van der Waals surface area contributed by atoms with Gasteiger partial charge in [0.2, 0.25) is 0 Å². The number of hydrogen-bond donors (Lipinski definition) is 1. The van der Waals surface area contributed by atoms with Gasteiger partial charge in [0.15, 0.2) is 0 Å². The molecule has 0 saturated carbocycles.